The van der Waals surface area contributed by atoms with E-state index in [4.69, 9.17) is 9.05 Å². The highest BCUT2D eigenvalue weighted by molar-refractivity contribution is 5.92. The van der Waals surface area contributed by atoms with Crippen LogP contribution in [0.4, 0.5) is 0 Å². The molecule has 0 aliphatic carbocycles. The molecule has 0 fully saturated rings. The zero-order valence-corrected chi connectivity index (χ0v) is 12.3. The van der Waals surface area contributed by atoms with Gasteiger partial charge in [0.25, 0.3) is 5.91 Å². The minimum absolute atomic E-state index is 0.257. The molecule has 0 unspecified atom stereocenters. The number of amides is 1. The summed E-state index contributed by atoms with van der Waals surface area (Å²) in [6.45, 7) is 3.87. The Balaban J connectivity index is 1.78. The lowest BCUT2D eigenvalue weighted by atomic mass is 10.1. The van der Waals surface area contributed by atoms with Crippen molar-refractivity contribution in [3.63, 3.8) is 0 Å². The molecular formula is C16H15N3O3. The van der Waals surface area contributed by atoms with Crippen molar-refractivity contribution in [2.24, 2.45) is 0 Å². The van der Waals surface area contributed by atoms with Gasteiger partial charge in [0.1, 0.15) is 17.2 Å². The maximum absolute atomic E-state index is 12.0. The van der Waals surface area contributed by atoms with Gasteiger partial charge in [-0.2, -0.15) is 0 Å². The van der Waals surface area contributed by atoms with Crippen LogP contribution in [0.15, 0.2) is 45.4 Å². The minimum atomic E-state index is -0.295. The Kier molecular flexibility index (Phi) is 3.74. The lowest BCUT2D eigenvalue weighted by molar-refractivity contribution is 0.0942. The highest BCUT2D eigenvalue weighted by Gasteiger charge is 2.17. The quantitative estimate of drug-likeness (QED) is 0.800. The topological polar surface area (TPSA) is 81.2 Å². The molecule has 6 heteroatoms. The lowest BCUT2D eigenvalue weighted by Crippen LogP contribution is -2.23. The summed E-state index contributed by atoms with van der Waals surface area (Å²) in [5.74, 6) is 0.975. The number of aromatic nitrogens is 2. The van der Waals surface area contributed by atoms with Crippen LogP contribution < -0.4 is 5.32 Å². The van der Waals surface area contributed by atoms with Gasteiger partial charge in [-0.1, -0.05) is 40.6 Å². The zero-order chi connectivity index (χ0) is 15.5. The van der Waals surface area contributed by atoms with Crippen molar-refractivity contribution in [3.8, 4) is 11.3 Å². The number of carbonyl (C=O) groups is 1. The van der Waals surface area contributed by atoms with Gasteiger partial charge in [-0.05, 0) is 13.8 Å². The fourth-order valence-corrected chi connectivity index (χ4v) is 2.15. The van der Waals surface area contributed by atoms with E-state index in [2.05, 4.69) is 15.6 Å². The van der Waals surface area contributed by atoms with Crippen molar-refractivity contribution >= 4 is 5.91 Å². The maximum Gasteiger partial charge on any atom is 0.273 e. The zero-order valence-electron chi connectivity index (χ0n) is 12.3. The smallest absolute Gasteiger partial charge is 0.273 e. The van der Waals surface area contributed by atoms with Gasteiger partial charge in [0, 0.05) is 23.7 Å². The first-order valence-corrected chi connectivity index (χ1v) is 6.87. The number of carbonyl (C=O) groups excluding carboxylic acids is 1. The highest BCUT2D eigenvalue weighted by atomic mass is 16.5. The summed E-state index contributed by atoms with van der Waals surface area (Å²) in [5.41, 5.74) is 2.78. The summed E-state index contributed by atoms with van der Waals surface area (Å²) in [6, 6.07) is 11.3. The van der Waals surface area contributed by atoms with E-state index in [1.54, 1.807) is 13.0 Å². The Morgan fingerprint density at radius 1 is 1.14 bits per heavy atom. The number of nitrogens with one attached hydrogen (secondary N) is 1. The molecule has 112 valence electrons. The highest BCUT2D eigenvalue weighted by Crippen LogP contribution is 2.24. The number of aryl methyl sites for hydroxylation is 2. The van der Waals surface area contributed by atoms with Crippen molar-refractivity contribution in [3.05, 3.63) is 59.2 Å². The monoisotopic (exact) mass is 297 g/mol. The van der Waals surface area contributed by atoms with Crippen LogP contribution in [0.5, 0.6) is 0 Å². The first-order valence-electron chi connectivity index (χ1n) is 6.87. The van der Waals surface area contributed by atoms with Gasteiger partial charge in [0.05, 0.1) is 0 Å². The Labute approximate surface area is 127 Å². The lowest BCUT2D eigenvalue weighted by Gasteiger charge is -2.04. The van der Waals surface area contributed by atoms with E-state index in [1.165, 1.54) is 0 Å². The van der Waals surface area contributed by atoms with Gasteiger partial charge in [-0.15, -0.1) is 0 Å². The molecule has 0 bridgehead atoms. The molecule has 0 aliphatic rings. The van der Waals surface area contributed by atoms with Crippen LogP contribution in [0.25, 0.3) is 11.3 Å². The molecule has 2 heterocycles. The van der Waals surface area contributed by atoms with Gasteiger partial charge in [0.15, 0.2) is 5.69 Å². The Hall–Kier alpha value is -2.89. The molecule has 1 aromatic carbocycles. The number of hydrogen-bond acceptors (Lipinski definition) is 5. The van der Waals surface area contributed by atoms with E-state index < -0.39 is 0 Å². The fourth-order valence-electron chi connectivity index (χ4n) is 2.15. The summed E-state index contributed by atoms with van der Waals surface area (Å²) < 4.78 is 10.2. The second-order valence-electron chi connectivity index (χ2n) is 4.94. The SMILES string of the molecule is Cc1cc(C(=O)NCc2c(-c3ccccc3)noc2C)no1. The molecule has 1 N–H and O–H groups in total. The van der Waals surface area contributed by atoms with Crippen molar-refractivity contribution in [1.82, 2.24) is 15.6 Å². The first kappa shape index (κ1) is 14.1. The summed E-state index contributed by atoms with van der Waals surface area (Å²) in [7, 11) is 0. The molecule has 22 heavy (non-hydrogen) atoms. The van der Waals surface area contributed by atoms with Crippen LogP contribution in [0.3, 0.4) is 0 Å². The van der Waals surface area contributed by atoms with Crippen LogP contribution in [0, 0.1) is 13.8 Å². The molecule has 6 nitrogen and oxygen atoms in total. The van der Waals surface area contributed by atoms with Crippen molar-refractivity contribution in [2.75, 3.05) is 0 Å². The van der Waals surface area contributed by atoms with Crippen LogP contribution >= 0.6 is 0 Å². The third kappa shape index (κ3) is 2.76. The summed E-state index contributed by atoms with van der Waals surface area (Å²) in [5, 5.41) is 10.6. The third-order valence-electron chi connectivity index (χ3n) is 3.32. The molecule has 0 atom stereocenters. The molecule has 0 aliphatic heterocycles. The van der Waals surface area contributed by atoms with Crippen LogP contribution in [-0.4, -0.2) is 16.2 Å². The van der Waals surface area contributed by atoms with Crippen molar-refractivity contribution in [2.45, 2.75) is 20.4 Å². The Bertz CT molecular complexity index is 790. The molecule has 0 saturated carbocycles. The average Bonchev–Trinajstić information content (AvgIpc) is 3.12. The van der Waals surface area contributed by atoms with Crippen LogP contribution in [-0.2, 0) is 6.54 Å². The molecule has 0 spiro atoms. The molecule has 0 saturated heterocycles. The normalized spacial score (nSPS) is 10.6. The van der Waals surface area contributed by atoms with Gasteiger partial charge in [-0.3, -0.25) is 4.79 Å². The largest absolute Gasteiger partial charge is 0.361 e. The van der Waals surface area contributed by atoms with E-state index in [0.29, 0.717) is 18.1 Å². The van der Waals surface area contributed by atoms with Crippen molar-refractivity contribution in [1.29, 1.82) is 0 Å². The standard InChI is InChI=1S/C16H15N3O3/c1-10-8-14(18-21-10)16(20)17-9-13-11(2)22-19-15(13)12-6-4-3-5-7-12/h3-8H,9H2,1-2H3,(H,17,20). The Morgan fingerprint density at radius 2 is 1.91 bits per heavy atom. The van der Waals surface area contributed by atoms with E-state index in [0.717, 1.165) is 16.8 Å². The third-order valence-corrected chi connectivity index (χ3v) is 3.32. The van der Waals surface area contributed by atoms with Gasteiger partial charge in [-0.25, -0.2) is 0 Å². The van der Waals surface area contributed by atoms with Crippen LogP contribution in [0.1, 0.15) is 27.6 Å². The van der Waals surface area contributed by atoms with Gasteiger partial charge < -0.3 is 14.4 Å². The van der Waals surface area contributed by atoms with E-state index in [-0.39, 0.29) is 11.6 Å². The molecule has 2 aromatic heterocycles. The van der Waals surface area contributed by atoms with Gasteiger partial charge in [0.2, 0.25) is 0 Å². The molecule has 3 aromatic rings. The van der Waals surface area contributed by atoms with Crippen LogP contribution in [0.2, 0.25) is 0 Å². The molecule has 0 radical (unpaired) electrons. The predicted octanol–water partition coefficient (Wildman–Crippen LogP) is 2.88. The second kappa shape index (κ2) is 5.85. The van der Waals surface area contributed by atoms with E-state index >= 15 is 0 Å². The number of rotatable bonds is 4. The second-order valence-corrected chi connectivity index (χ2v) is 4.94. The number of benzene rings is 1. The van der Waals surface area contributed by atoms with E-state index in [9.17, 15) is 4.79 Å². The molecular weight excluding hydrogens is 282 g/mol. The Morgan fingerprint density at radius 3 is 2.59 bits per heavy atom. The number of nitrogens with zero attached hydrogens (tertiary/aromatic N) is 2. The van der Waals surface area contributed by atoms with E-state index in [1.807, 2.05) is 37.3 Å². The first-order chi connectivity index (χ1) is 10.6. The number of hydrogen-bond donors (Lipinski definition) is 1. The van der Waals surface area contributed by atoms with Crippen molar-refractivity contribution < 1.29 is 13.8 Å². The fraction of sp³-hybridized carbons (Fsp3) is 0.188. The summed E-state index contributed by atoms with van der Waals surface area (Å²) in [6.07, 6.45) is 0. The maximum atomic E-state index is 12.0. The molecule has 3 rings (SSSR count). The summed E-state index contributed by atoms with van der Waals surface area (Å²) in [4.78, 5) is 12.0. The molecule has 1 amide bonds. The minimum Gasteiger partial charge on any atom is -0.361 e. The predicted molar refractivity (Wildman–Crippen MR) is 79.1 cm³/mol. The average molecular weight is 297 g/mol. The van der Waals surface area contributed by atoms with Gasteiger partial charge >= 0.3 is 0 Å². The summed E-state index contributed by atoms with van der Waals surface area (Å²) >= 11 is 0.